The van der Waals surface area contributed by atoms with Gasteiger partial charge in [-0.15, -0.1) is 11.3 Å². The Balaban J connectivity index is 2.02. The summed E-state index contributed by atoms with van der Waals surface area (Å²) in [6.45, 7) is 1.92. The Morgan fingerprint density at radius 3 is 2.69 bits per heavy atom. The minimum atomic E-state index is -0.537. The molecule has 3 rings (SSSR count). The second-order valence-electron chi connectivity index (χ2n) is 5.13. The van der Waals surface area contributed by atoms with Gasteiger partial charge in [-0.05, 0) is 36.8 Å². The topological polar surface area (TPSA) is 68.5 Å². The van der Waals surface area contributed by atoms with Crippen LogP contribution in [0.5, 0.6) is 0 Å². The fraction of sp³-hybridized carbons (Fsp3) is 0.111. The summed E-state index contributed by atoms with van der Waals surface area (Å²) in [5, 5.41) is 5.59. The molecule has 0 aliphatic carbocycles. The number of nitrogens with one attached hydrogen (secondary N) is 1. The molecule has 0 aliphatic heterocycles. The van der Waals surface area contributed by atoms with Gasteiger partial charge in [-0.3, -0.25) is 4.79 Å². The van der Waals surface area contributed by atoms with E-state index in [0.717, 1.165) is 0 Å². The van der Waals surface area contributed by atoms with E-state index in [2.05, 4.69) is 5.32 Å². The smallest absolute Gasteiger partial charge is 0.341 e. The van der Waals surface area contributed by atoms with Gasteiger partial charge in [0.05, 0.1) is 22.9 Å². The third-order valence-corrected chi connectivity index (χ3v) is 5.11. The molecule has 26 heavy (non-hydrogen) atoms. The molecule has 0 fully saturated rings. The van der Waals surface area contributed by atoms with Gasteiger partial charge in [0.15, 0.2) is 5.76 Å². The van der Waals surface area contributed by atoms with Crippen molar-refractivity contribution in [3.05, 3.63) is 63.3 Å². The van der Waals surface area contributed by atoms with Crippen molar-refractivity contribution in [1.29, 1.82) is 0 Å². The van der Waals surface area contributed by atoms with Crippen LogP contribution in [-0.2, 0) is 4.74 Å². The van der Waals surface area contributed by atoms with Crippen molar-refractivity contribution >= 4 is 51.4 Å². The Bertz CT molecular complexity index is 950. The van der Waals surface area contributed by atoms with E-state index in [0.29, 0.717) is 26.2 Å². The number of carbonyl (C=O) groups is 2. The van der Waals surface area contributed by atoms with Crippen LogP contribution < -0.4 is 5.32 Å². The average molecular weight is 410 g/mol. The van der Waals surface area contributed by atoms with Gasteiger partial charge < -0.3 is 14.5 Å². The van der Waals surface area contributed by atoms with Crippen LogP contribution in [-0.4, -0.2) is 18.5 Å². The van der Waals surface area contributed by atoms with E-state index in [4.69, 9.17) is 32.4 Å². The fourth-order valence-corrected chi connectivity index (χ4v) is 3.55. The number of esters is 1. The molecular formula is C18H13Cl2NO4S. The van der Waals surface area contributed by atoms with E-state index in [1.54, 1.807) is 36.6 Å². The predicted molar refractivity (Wildman–Crippen MR) is 102 cm³/mol. The highest BCUT2D eigenvalue weighted by molar-refractivity contribution is 7.15. The van der Waals surface area contributed by atoms with E-state index in [1.165, 1.54) is 23.7 Å². The first-order valence-electron chi connectivity index (χ1n) is 7.60. The molecule has 0 spiro atoms. The lowest BCUT2D eigenvalue weighted by molar-refractivity contribution is 0.0529. The number of carbonyl (C=O) groups excluding carboxylic acids is 2. The Labute approximate surface area is 163 Å². The standard InChI is InChI=1S/C18H13Cl2NO4S/c1-2-24-18(23)15-11(10-5-6-12(19)13(20)8-10)9-26-17(15)21-16(22)14-4-3-7-25-14/h3-9H,2H2,1H3,(H,21,22). The first-order valence-corrected chi connectivity index (χ1v) is 9.23. The number of anilines is 1. The van der Waals surface area contributed by atoms with Crippen LogP contribution in [0.25, 0.3) is 11.1 Å². The van der Waals surface area contributed by atoms with E-state index in [9.17, 15) is 9.59 Å². The molecular weight excluding hydrogens is 397 g/mol. The molecule has 8 heteroatoms. The second-order valence-corrected chi connectivity index (χ2v) is 6.83. The van der Waals surface area contributed by atoms with Gasteiger partial charge in [-0.2, -0.15) is 0 Å². The molecule has 0 unspecified atom stereocenters. The summed E-state index contributed by atoms with van der Waals surface area (Å²) in [5.41, 5.74) is 1.55. The van der Waals surface area contributed by atoms with Crippen LogP contribution in [0.1, 0.15) is 27.8 Å². The molecule has 1 amide bonds. The number of hydrogen-bond donors (Lipinski definition) is 1. The van der Waals surface area contributed by atoms with Crippen molar-refractivity contribution in [3.8, 4) is 11.1 Å². The zero-order chi connectivity index (χ0) is 18.7. The summed E-state index contributed by atoms with van der Waals surface area (Å²) in [5.74, 6) is -0.850. The minimum absolute atomic E-state index is 0.143. The lowest BCUT2D eigenvalue weighted by Crippen LogP contribution is -2.14. The van der Waals surface area contributed by atoms with Crippen LogP contribution in [0.4, 0.5) is 5.00 Å². The third-order valence-electron chi connectivity index (χ3n) is 3.47. The van der Waals surface area contributed by atoms with Gasteiger partial charge in [0.1, 0.15) is 10.6 Å². The van der Waals surface area contributed by atoms with Crippen molar-refractivity contribution < 1.29 is 18.7 Å². The van der Waals surface area contributed by atoms with Gasteiger partial charge in [0.25, 0.3) is 5.91 Å². The average Bonchev–Trinajstić information content (AvgIpc) is 3.27. The van der Waals surface area contributed by atoms with Crippen molar-refractivity contribution in [2.24, 2.45) is 0 Å². The zero-order valence-electron chi connectivity index (χ0n) is 13.5. The quantitative estimate of drug-likeness (QED) is 0.545. The first-order chi connectivity index (χ1) is 12.5. The Morgan fingerprint density at radius 1 is 1.23 bits per heavy atom. The summed E-state index contributed by atoms with van der Waals surface area (Å²) in [4.78, 5) is 24.8. The molecule has 2 aromatic heterocycles. The fourth-order valence-electron chi connectivity index (χ4n) is 2.30. The molecule has 0 saturated heterocycles. The van der Waals surface area contributed by atoms with Crippen molar-refractivity contribution in [2.75, 3.05) is 11.9 Å². The highest BCUT2D eigenvalue weighted by Crippen LogP contribution is 2.38. The van der Waals surface area contributed by atoms with Gasteiger partial charge >= 0.3 is 5.97 Å². The minimum Gasteiger partial charge on any atom is -0.462 e. The van der Waals surface area contributed by atoms with Crippen molar-refractivity contribution in [3.63, 3.8) is 0 Å². The lowest BCUT2D eigenvalue weighted by Gasteiger charge is -2.09. The van der Waals surface area contributed by atoms with E-state index in [1.807, 2.05) is 0 Å². The van der Waals surface area contributed by atoms with E-state index in [-0.39, 0.29) is 17.9 Å². The largest absolute Gasteiger partial charge is 0.462 e. The molecule has 2 heterocycles. The highest BCUT2D eigenvalue weighted by atomic mass is 35.5. The van der Waals surface area contributed by atoms with E-state index < -0.39 is 11.9 Å². The maximum absolute atomic E-state index is 12.5. The van der Waals surface area contributed by atoms with Crippen LogP contribution in [0.3, 0.4) is 0 Å². The number of hydrogen-bond acceptors (Lipinski definition) is 5. The number of rotatable bonds is 5. The van der Waals surface area contributed by atoms with Crippen molar-refractivity contribution in [1.82, 2.24) is 0 Å². The molecule has 0 aliphatic rings. The highest BCUT2D eigenvalue weighted by Gasteiger charge is 2.24. The predicted octanol–water partition coefficient (Wildman–Crippen LogP) is 5.74. The maximum Gasteiger partial charge on any atom is 0.341 e. The van der Waals surface area contributed by atoms with Gasteiger partial charge in [0.2, 0.25) is 0 Å². The second kappa shape index (κ2) is 7.95. The summed E-state index contributed by atoms with van der Waals surface area (Å²) in [6.07, 6.45) is 1.40. The maximum atomic E-state index is 12.5. The normalized spacial score (nSPS) is 10.6. The Hall–Kier alpha value is -2.28. The Kier molecular flexibility index (Phi) is 5.66. The van der Waals surface area contributed by atoms with Crippen molar-refractivity contribution in [2.45, 2.75) is 6.92 Å². The zero-order valence-corrected chi connectivity index (χ0v) is 15.9. The SMILES string of the molecule is CCOC(=O)c1c(-c2ccc(Cl)c(Cl)c2)csc1NC(=O)c1ccco1. The summed E-state index contributed by atoms with van der Waals surface area (Å²) >= 11 is 13.3. The molecule has 0 radical (unpaired) electrons. The molecule has 0 bridgehead atoms. The molecule has 1 N–H and O–H groups in total. The molecule has 0 saturated carbocycles. The number of ether oxygens (including phenoxy) is 1. The van der Waals surface area contributed by atoms with Gasteiger partial charge in [-0.25, -0.2) is 4.79 Å². The number of amides is 1. The molecule has 0 atom stereocenters. The van der Waals surface area contributed by atoms with Gasteiger partial charge in [-0.1, -0.05) is 29.3 Å². The Morgan fingerprint density at radius 2 is 2.04 bits per heavy atom. The molecule has 3 aromatic rings. The number of furan rings is 1. The summed E-state index contributed by atoms with van der Waals surface area (Å²) in [6, 6.07) is 8.19. The molecule has 5 nitrogen and oxygen atoms in total. The van der Waals surface area contributed by atoms with Gasteiger partial charge in [0, 0.05) is 10.9 Å². The summed E-state index contributed by atoms with van der Waals surface area (Å²) < 4.78 is 10.2. The van der Waals surface area contributed by atoms with E-state index >= 15 is 0 Å². The van der Waals surface area contributed by atoms with Crippen LogP contribution >= 0.6 is 34.5 Å². The number of halogens is 2. The first kappa shape index (κ1) is 18.5. The molecule has 134 valence electrons. The van der Waals surface area contributed by atoms with Crippen LogP contribution in [0, 0.1) is 0 Å². The third kappa shape index (κ3) is 3.77. The van der Waals surface area contributed by atoms with Crippen LogP contribution in [0.2, 0.25) is 10.0 Å². The number of thiophene rings is 1. The molecule has 1 aromatic carbocycles. The summed E-state index contributed by atoms with van der Waals surface area (Å²) in [7, 11) is 0. The lowest BCUT2D eigenvalue weighted by atomic mass is 10.0. The monoisotopic (exact) mass is 409 g/mol. The van der Waals surface area contributed by atoms with Crippen LogP contribution in [0.15, 0.2) is 46.4 Å². The number of benzene rings is 1.